The number of carboxylic acid groups (broad SMARTS) is 1. The molecule has 0 radical (unpaired) electrons. The molecule has 0 bridgehead atoms. The van der Waals surface area contributed by atoms with Crippen molar-refractivity contribution in [2.24, 2.45) is 5.41 Å². The van der Waals surface area contributed by atoms with Crippen LogP contribution in [0.15, 0.2) is 42.7 Å². The van der Waals surface area contributed by atoms with E-state index >= 15 is 0 Å². The number of likely N-dealkylation sites (tertiary alicyclic amines) is 1. The molecule has 2 fully saturated rings. The third-order valence-corrected chi connectivity index (χ3v) is 6.36. The van der Waals surface area contributed by atoms with Gasteiger partial charge in [-0.1, -0.05) is 12.1 Å². The maximum atomic E-state index is 10.6. The number of ether oxygens (including phenoxy) is 1. The number of piperidine rings is 2. The maximum absolute atomic E-state index is 10.6. The van der Waals surface area contributed by atoms with Crippen molar-refractivity contribution in [3.63, 3.8) is 0 Å². The second-order valence-corrected chi connectivity index (χ2v) is 8.47. The lowest BCUT2D eigenvalue weighted by Crippen LogP contribution is -2.47. The van der Waals surface area contributed by atoms with Gasteiger partial charge in [0.2, 0.25) is 5.95 Å². The standard InChI is InChI=1S/C21H28N4O.C2HF3O2/c1-26-19-5-2-4-18(16-19)17-24-12-6-21(7-13-24)8-14-25(15-9-21)20-22-10-3-11-23-20;3-2(4,5)1(6)7/h2-5,10-11,16H,6-9,12-15,17H2,1H3;(H,6,7). The smallest absolute Gasteiger partial charge is 0.490 e. The molecule has 3 heterocycles. The number of halogens is 3. The Morgan fingerprint density at radius 3 is 2.18 bits per heavy atom. The summed E-state index contributed by atoms with van der Waals surface area (Å²) in [4.78, 5) is 22.6. The number of nitrogens with zero attached hydrogens (tertiary/aromatic N) is 4. The Morgan fingerprint density at radius 2 is 1.64 bits per heavy atom. The molecule has 180 valence electrons. The van der Waals surface area contributed by atoms with Gasteiger partial charge < -0.3 is 14.7 Å². The van der Waals surface area contributed by atoms with Gasteiger partial charge in [0.05, 0.1) is 7.11 Å². The van der Waals surface area contributed by atoms with Crippen molar-refractivity contribution in [1.29, 1.82) is 0 Å². The van der Waals surface area contributed by atoms with E-state index in [4.69, 9.17) is 14.6 Å². The molecule has 0 amide bonds. The minimum absolute atomic E-state index is 0.524. The van der Waals surface area contributed by atoms with E-state index in [1.54, 1.807) is 7.11 Å². The molecule has 10 heteroatoms. The van der Waals surface area contributed by atoms with Crippen LogP contribution in [0.2, 0.25) is 0 Å². The quantitative estimate of drug-likeness (QED) is 0.730. The lowest BCUT2D eigenvalue weighted by Gasteiger charge is -2.47. The van der Waals surface area contributed by atoms with E-state index in [0.29, 0.717) is 5.41 Å². The van der Waals surface area contributed by atoms with E-state index in [1.165, 1.54) is 44.3 Å². The largest absolute Gasteiger partial charge is 0.497 e. The first-order chi connectivity index (χ1) is 15.7. The van der Waals surface area contributed by atoms with Crippen molar-refractivity contribution >= 4 is 11.9 Å². The van der Waals surface area contributed by atoms with Crippen LogP contribution in [0.1, 0.15) is 31.2 Å². The third kappa shape index (κ3) is 7.05. The van der Waals surface area contributed by atoms with Gasteiger partial charge in [-0.25, -0.2) is 14.8 Å². The van der Waals surface area contributed by atoms with Gasteiger partial charge >= 0.3 is 12.1 Å². The summed E-state index contributed by atoms with van der Waals surface area (Å²) in [6.45, 7) is 5.58. The van der Waals surface area contributed by atoms with Crippen molar-refractivity contribution in [3.05, 3.63) is 48.3 Å². The minimum atomic E-state index is -5.08. The Labute approximate surface area is 191 Å². The number of carbonyl (C=O) groups is 1. The topological polar surface area (TPSA) is 78.8 Å². The van der Waals surface area contributed by atoms with Gasteiger partial charge in [0.25, 0.3) is 0 Å². The summed E-state index contributed by atoms with van der Waals surface area (Å²) < 4.78 is 37.1. The monoisotopic (exact) mass is 466 g/mol. The van der Waals surface area contributed by atoms with Crippen molar-refractivity contribution in [2.45, 2.75) is 38.4 Å². The molecule has 1 N–H and O–H groups in total. The van der Waals surface area contributed by atoms with Crippen LogP contribution < -0.4 is 9.64 Å². The first-order valence-corrected chi connectivity index (χ1v) is 10.9. The Balaban J connectivity index is 0.000000383. The van der Waals surface area contributed by atoms with Gasteiger partial charge in [-0.15, -0.1) is 0 Å². The van der Waals surface area contributed by atoms with Crippen LogP contribution in [0, 0.1) is 5.41 Å². The molecule has 1 aromatic heterocycles. The zero-order valence-electron chi connectivity index (χ0n) is 18.6. The molecule has 4 rings (SSSR count). The highest BCUT2D eigenvalue weighted by atomic mass is 19.4. The van der Waals surface area contributed by atoms with E-state index < -0.39 is 12.1 Å². The minimum Gasteiger partial charge on any atom is -0.497 e. The summed E-state index contributed by atoms with van der Waals surface area (Å²) in [7, 11) is 1.73. The van der Waals surface area contributed by atoms with E-state index in [1.807, 2.05) is 24.5 Å². The van der Waals surface area contributed by atoms with Gasteiger partial charge in [-0.2, -0.15) is 13.2 Å². The number of methoxy groups -OCH3 is 1. The summed E-state index contributed by atoms with van der Waals surface area (Å²) in [6.07, 6.45) is 3.73. The number of aliphatic carboxylic acids is 1. The molecule has 0 atom stereocenters. The van der Waals surface area contributed by atoms with Crippen LogP contribution in [-0.2, 0) is 11.3 Å². The van der Waals surface area contributed by atoms with E-state index in [9.17, 15) is 13.2 Å². The molecule has 0 aliphatic carbocycles. The van der Waals surface area contributed by atoms with Crippen LogP contribution in [0.4, 0.5) is 19.1 Å². The van der Waals surface area contributed by atoms with E-state index in [-0.39, 0.29) is 0 Å². The number of anilines is 1. The third-order valence-electron chi connectivity index (χ3n) is 6.36. The molecule has 0 unspecified atom stereocenters. The maximum Gasteiger partial charge on any atom is 0.490 e. The van der Waals surface area contributed by atoms with Crippen molar-refractivity contribution in [1.82, 2.24) is 14.9 Å². The fourth-order valence-electron chi connectivity index (χ4n) is 4.35. The van der Waals surface area contributed by atoms with Crippen molar-refractivity contribution < 1.29 is 27.8 Å². The molecular formula is C23H29F3N4O3. The van der Waals surface area contributed by atoms with Crippen LogP contribution in [-0.4, -0.2) is 65.4 Å². The van der Waals surface area contributed by atoms with Crippen LogP contribution in [0.5, 0.6) is 5.75 Å². The first kappa shape index (κ1) is 24.8. The number of alkyl halides is 3. The summed E-state index contributed by atoms with van der Waals surface area (Å²) in [5.41, 5.74) is 1.87. The zero-order chi connectivity index (χ0) is 23.9. The normalized spacial score (nSPS) is 18.4. The highest BCUT2D eigenvalue weighted by Gasteiger charge is 2.39. The van der Waals surface area contributed by atoms with Crippen molar-refractivity contribution in [3.8, 4) is 5.75 Å². The highest BCUT2D eigenvalue weighted by molar-refractivity contribution is 5.73. The van der Waals surface area contributed by atoms with Crippen LogP contribution >= 0.6 is 0 Å². The SMILES string of the molecule is COc1cccc(CN2CCC3(CC2)CCN(c2ncccn2)CC3)c1.O=C(O)C(F)(F)F. The number of rotatable bonds is 4. The predicted molar refractivity (Wildman–Crippen MR) is 117 cm³/mol. The fraction of sp³-hybridized carbons (Fsp3) is 0.522. The highest BCUT2D eigenvalue weighted by Crippen LogP contribution is 2.42. The number of benzene rings is 1. The summed E-state index contributed by atoms with van der Waals surface area (Å²) in [5, 5.41) is 7.12. The molecule has 1 spiro atoms. The number of hydrogen-bond acceptors (Lipinski definition) is 6. The van der Waals surface area contributed by atoms with Gasteiger partial charge in [0, 0.05) is 32.0 Å². The molecule has 7 nitrogen and oxygen atoms in total. The lowest BCUT2D eigenvalue weighted by molar-refractivity contribution is -0.192. The van der Waals surface area contributed by atoms with Gasteiger partial charge in [0.15, 0.2) is 0 Å². The van der Waals surface area contributed by atoms with Gasteiger partial charge in [0.1, 0.15) is 5.75 Å². The Hall–Kier alpha value is -2.88. The second-order valence-electron chi connectivity index (χ2n) is 8.47. The average molecular weight is 467 g/mol. The summed E-state index contributed by atoms with van der Waals surface area (Å²) in [6, 6.07) is 10.3. The van der Waals surface area contributed by atoms with E-state index in [2.05, 4.69) is 38.0 Å². The van der Waals surface area contributed by atoms with Crippen LogP contribution in [0.3, 0.4) is 0 Å². The fourth-order valence-corrected chi connectivity index (χ4v) is 4.35. The van der Waals surface area contributed by atoms with Crippen molar-refractivity contribution in [2.75, 3.05) is 38.2 Å². The molecule has 1 aromatic carbocycles. The number of hydrogen-bond donors (Lipinski definition) is 1. The van der Waals surface area contributed by atoms with Gasteiger partial charge in [-0.3, -0.25) is 4.90 Å². The molecule has 2 aliphatic rings. The molecule has 33 heavy (non-hydrogen) atoms. The zero-order valence-corrected chi connectivity index (χ0v) is 18.6. The number of aromatic nitrogens is 2. The molecule has 0 saturated carbocycles. The molecule has 2 aromatic rings. The molecular weight excluding hydrogens is 437 g/mol. The second kappa shape index (κ2) is 10.8. The number of carboxylic acids is 1. The van der Waals surface area contributed by atoms with E-state index in [0.717, 1.165) is 31.3 Å². The predicted octanol–water partition coefficient (Wildman–Crippen LogP) is 4.00. The van der Waals surface area contributed by atoms with Gasteiger partial charge in [-0.05, 0) is 68.0 Å². The Bertz CT molecular complexity index is 893. The van der Waals surface area contributed by atoms with Crippen LogP contribution in [0.25, 0.3) is 0 Å². The lowest BCUT2D eigenvalue weighted by atomic mass is 9.71. The first-order valence-electron chi connectivity index (χ1n) is 10.9. The molecule has 2 saturated heterocycles. The Morgan fingerprint density at radius 1 is 1.06 bits per heavy atom. The Kier molecular flexibility index (Phi) is 8.12. The average Bonchev–Trinajstić information content (AvgIpc) is 2.82. The summed E-state index contributed by atoms with van der Waals surface area (Å²) >= 11 is 0. The molecule has 2 aliphatic heterocycles. The summed E-state index contributed by atoms with van der Waals surface area (Å²) in [5.74, 6) is -0.920.